The number of nitrogens with one attached hydrogen (secondary N) is 2. The minimum Gasteiger partial charge on any atom is -0.437 e. The molecule has 2 N–H and O–H groups in total. The van der Waals surface area contributed by atoms with Crippen LogP contribution in [0.3, 0.4) is 0 Å². The van der Waals surface area contributed by atoms with Crippen LogP contribution in [-0.4, -0.2) is 26.1 Å². The number of rotatable bonds is 4. The summed E-state index contributed by atoms with van der Waals surface area (Å²) in [7, 11) is 0. The van der Waals surface area contributed by atoms with E-state index in [4.69, 9.17) is 4.74 Å². The Hall–Kier alpha value is -2.81. The third-order valence-corrected chi connectivity index (χ3v) is 3.38. The topological polar surface area (TPSA) is 92.8 Å². The van der Waals surface area contributed by atoms with Gasteiger partial charge in [-0.1, -0.05) is 0 Å². The molecule has 0 aliphatic rings. The van der Waals surface area contributed by atoms with Gasteiger partial charge >= 0.3 is 0 Å². The van der Waals surface area contributed by atoms with Crippen molar-refractivity contribution in [3.63, 3.8) is 0 Å². The van der Waals surface area contributed by atoms with Crippen molar-refractivity contribution in [2.24, 2.45) is 0 Å². The summed E-state index contributed by atoms with van der Waals surface area (Å²) in [5, 5.41) is 8.69. The Morgan fingerprint density at radius 1 is 1.30 bits per heavy atom. The first kappa shape index (κ1) is 15.1. The average molecular weight is 378 g/mol. The maximum atomic E-state index is 13.1. The molecule has 0 spiro atoms. The lowest BCUT2D eigenvalue weighted by atomic mass is 10.2. The van der Waals surface area contributed by atoms with Gasteiger partial charge in [0.05, 0.1) is 4.47 Å². The second-order valence-electron chi connectivity index (χ2n) is 4.32. The molecule has 3 aromatic rings. The largest absolute Gasteiger partial charge is 0.437 e. The van der Waals surface area contributed by atoms with Crippen LogP contribution in [0.1, 0.15) is 10.4 Å². The fourth-order valence-corrected chi connectivity index (χ4v) is 2.18. The van der Waals surface area contributed by atoms with Gasteiger partial charge in [-0.15, -0.1) is 0 Å². The van der Waals surface area contributed by atoms with Gasteiger partial charge in [0.25, 0.3) is 5.91 Å². The van der Waals surface area contributed by atoms with Crippen molar-refractivity contribution in [2.45, 2.75) is 0 Å². The number of amides is 1. The number of aromatic amines is 1. The Morgan fingerprint density at radius 2 is 2.17 bits per heavy atom. The number of H-pyrrole nitrogens is 1. The van der Waals surface area contributed by atoms with Crippen LogP contribution in [0.25, 0.3) is 0 Å². The molecule has 7 nitrogen and oxygen atoms in total. The van der Waals surface area contributed by atoms with Gasteiger partial charge in [-0.2, -0.15) is 10.1 Å². The van der Waals surface area contributed by atoms with Crippen molar-refractivity contribution >= 4 is 27.8 Å². The molecule has 0 aliphatic carbocycles. The second-order valence-corrected chi connectivity index (χ2v) is 5.18. The lowest BCUT2D eigenvalue weighted by Gasteiger charge is -2.10. The van der Waals surface area contributed by atoms with Crippen molar-refractivity contribution in [3.05, 3.63) is 58.7 Å². The zero-order valence-electron chi connectivity index (χ0n) is 11.5. The molecular weight excluding hydrogens is 369 g/mol. The van der Waals surface area contributed by atoms with Gasteiger partial charge in [0, 0.05) is 6.20 Å². The molecule has 2 heterocycles. The van der Waals surface area contributed by atoms with E-state index in [0.29, 0.717) is 10.2 Å². The fraction of sp³-hybridized carbons (Fsp3) is 0. The third-order valence-electron chi connectivity index (χ3n) is 2.76. The highest BCUT2D eigenvalue weighted by Crippen LogP contribution is 2.30. The normalized spacial score (nSPS) is 10.3. The van der Waals surface area contributed by atoms with E-state index in [1.165, 1.54) is 30.7 Å². The molecule has 0 unspecified atom stereocenters. The van der Waals surface area contributed by atoms with Gasteiger partial charge in [-0.3, -0.25) is 10.1 Å². The van der Waals surface area contributed by atoms with E-state index >= 15 is 0 Å². The first-order valence-corrected chi connectivity index (χ1v) is 7.17. The van der Waals surface area contributed by atoms with Gasteiger partial charge < -0.3 is 4.74 Å². The standard InChI is InChI=1S/C14H9BrFN5O2/c15-10-6-8(16)3-4-11(10)23-13-9(2-1-5-17-13)12(22)20-14-18-7-19-21-14/h1-7H,(H2,18,19,20,21,22). The highest BCUT2D eigenvalue weighted by molar-refractivity contribution is 9.10. The van der Waals surface area contributed by atoms with Crippen molar-refractivity contribution in [3.8, 4) is 11.6 Å². The Labute approximate surface area is 138 Å². The van der Waals surface area contributed by atoms with Crippen molar-refractivity contribution in [2.75, 3.05) is 5.32 Å². The number of nitrogens with zero attached hydrogens (tertiary/aromatic N) is 3. The van der Waals surface area contributed by atoms with Crippen molar-refractivity contribution < 1.29 is 13.9 Å². The number of hydrogen-bond acceptors (Lipinski definition) is 5. The number of ether oxygens (including phenoxy) is 1. The molecule has 1 amide bonds. The van der Waals surface area contributed by atoms with E-state index < -0.39 is 11.7 Å². The number of anilines is 1. The first-order valence-electron chi connectivity index (χ1n) is 6.38. The summed E-state index contributed by atoms with van der Waals surface area (Å²) in [6, 6.07) is 7.09. The van der Waals surface area contributed by atoms with Gasteiger partial charge in [-0.05, 0) is 46.3 Å². The van der Waals surface area contributed by atoms with Crippen LogP contribution < -0.4 is 10.1 Å². The summed E-state index contributed by atoms with van der Waals surface area (Å²) >= 11 is 3.20. The number of hydrogen-bond donors (Lipinski definition) is 2. The highest BCUT2D eigenvalue weighted by atomic mass is 79.9. The second kappa shape index (κ2) is 6.53. The van der Waals surface area contributed by atoms with Crippen LogP contribution >= 0.6 is 15.9 Å². The molecule has 0 bridgehead atoms. The molecule has 2 aromatic heterocycles. The van der Waals surface area contributed by atoms with Crippen LogP contribution in [0.15, 0.2) is 47.3 Å². The molecule has 0 saturated carbocycles. The molecule has 116 valence electrons. The summed E-state index contributed by atoms with van der Waals surface area (Å²) in [5.74, 6) is -0.264. The number of halogens is 2. The summed E-state index contributed by atoms with van der Waals surface area (Å²) in [4.78, 5) is 20.1. The zero-order chi connectivity index (χ0) is 16.2. The van der Waals surface area contributed by atoms with Crippen LogP contribution in [0.5, 0.6) is 11.6 Å². The average Bonchev–Trinajstić information content (AvgIpc) is 3.03. The monoisotopic (exact) mass is 377 g/mol. The van der Waals surface area contributed by atoms with E-state index in [1.54, 1.807) is 12.1 Å². The Bertz CT molecular complexity index is 841. The summed E-state index contributed by atoms with van der Waals surface area (Å²) in [6.07, 6.45) is 2.75. The maximum Gasteiger partial charge on any atom is 0.263 e. The van der Waals surface area contributed by atoms with Crippen molar-refractivity contribution in [1.29, 1.82) is 0 Å². The van der Waals surface area contributed by atoms with E-state index in [2.05, 4.69) is 41.4 Å². The van der Waals surface area contributed by atoms with Gasteiger partial charge in [-0.25, -0.2) is 14.5 Å². The Morgan fingerprint density at radius 3 is 2.91 bits per heavy atom. The molecule has 9 heteroatoms. The molecule has 0 saturated heterocycles. The predicted molar refractivity (Wildman–Crippen MR) is 82.7 cm³/mol. The number of aromatic nitrogens is 4. The molecule has 0 radical (unpaired) electrons. The molecule has 1 aromatic carbocycles. The lowest BCUT2D eigenvalue weighted by molar-refractivity contribution is 0.102. The summed E-state index contributed by atoms with van der Waals surface area (Å²) in [6.45, 7) is 0. The molecule has 3 rings (SSSR count). The Kier molecular flexibility index (Phi) is 4.29. The number of benzene rings is 1. The summed E-state index contributed by atoms with van der Waals surface area (Å²) in [5.41, 5.74) is 0.195. The number of carbonyl (C=O) groups excluding carboxylic acids is 1. The predicted octanol–water partition coefficient (Wildman–Crippen LogP) is 3.15. The van der Waals surface area contributed by atoms with Gasteiger partial charge in [0.2, 0.25) is 11.8 Å². The van der Waals surface area contributed by atoms with Crippen LogP contribution in [-0.2, 0) is 0 Å². The number of carbonyl (C=O) groups is 1. The Balaban J connectivity index is 1.87. The van der Waals surface area contributed by atoms with Crippen LogP contribution in [0.4, 0.5) is 10.3 Å². The van der Waals surface area contributed by atoms with E-state index in [0.717, 1.165) is 0 Å². The quantitative estimate of drug-likeness (QED) is 0.728. The zero-order valence-corrected chi connectivity index (χ0v) is 13.0. The summed E-state index contributed by atoms with van der Waals surface area (Å²) < 4.78 is 19.1. The highest BCUT2D eigenvalue weighted by Gasteiger charge is 2.16. The smallest absolute Gasteiger partial charge is 0.263 e. The molecule has 23 heavy (non-hydrogen) atoms. The molecular formula is C14H9BrFN5O2. The third kappa shape index (κ3) is 3.51. The van der Waals surface area contributed by atoms with E-state index in [1.807, 2.05) is 0 Å². The minimum atomic E-state index is -0.469. The van der Waals surface area contributed by atoms with Crippen LogP contribution in [0, 0.1) is 5.82 Å². The van der Waals surface area contributed by atoms with E-state index in [-0.39, 0.29) is 17.4 Å². The van der Waals surface area contributed by atoms with Gasteiger partial charge in [0.1, 0.15) is 23.5 Å². The lowest BCUT2D eigenvalue weighted by Crippen LogP contribution is -2.14. The maximum absolute atomic E-state index is 13.1. The van der Waals surface area contributed by atoms with E-state index in [9.17, 15) is 9.18 Å². The molecule has 0 aliphatic heterocycles. The molecule has 0 atom stereocenters. The number of pyridine rings is 1. The fourth-order valence-electron chi connectivity index (χ4n) is 1.75. The first-order chi connectivity index (χ1) is 11.1. The van der Waals surface area contributed by atoms with Gasteiger partial charge in [0.15, 0.2) is 0 Å². The van der Waals surface area contributed by atoms with Crippen LogP contribution in [0.2, 0.25) is 0 Å². The molecule has 0 fully saturated rings. The van der Waals surface area contributed by atoms with Crippen molar-refractivity contribution in [1.82, 2.24) is 20.2 Å². The minimum absolute atomic E-state index is 0.0804. The SMILES string of the molecule is O=C(Nc1ncn[nH]1)c1cccnc1Oc1ccc(F)cc1Br.